The van der Waals surface area contributed by atoms with Crippen molar-refractivity contribution in [3.8, 4) is 0 Å². The number of piperidine rings is 1. The van der Waals surface area contributed by atoms with Gasteiger partial charge in [0.2, 0.25) is 0 Å². The number of rotatable bonds is 4. The van der Waals surface area contributed by atoms with Crippen molar-refractivity contribution in [2.75, 3.05) is 13.1 Å². The molecule has 1 aliphatic rings. The molecule has 1 amide bonds. The van der Waals surface area contributed by atoms with Crippen LogP contribution in [0, 0.1) is 0 Å². The first-order valence-corrected chi connectivity index (χ1v) is 10.3. The fourth-order valence-corrected chi connectivity index (χ4v) is 4.16. The Hall–Kier alpha value is -2.55. The van der Waals surface area contributed by atoms with Gasteiger partial charge in [-0.25, -0.2) is 4.98 Å². The van der Waals surface area contributed by atoms with Gasteiger partial charge in [-0.2, -0.15) is 13.2 Å². The molecular formula is C21H19BrF3N3O2. The number of hydrogen-bond donors (Lipinski definition) is 0. The number of likely N-dealkylation sites (tertiary alicyclic amines) is 1. The second-order valence-electron chi connectivity index (χ2n) is 7.24. The van der Waals surface area contributed by atoms with Crippen molar-refractivity contribution < 1.29 is 22.4 Å². The van der Waals surface area contributed by atoms with E-state index in [0.717, 1.165) is 11.9 Å². The largest absolute Gasteiger partial charge is 0.444 e. The van der Waals surface area contributed by atoms with Gasteiger partial charge in [-0.1, -0.05) is 18.2 Å². The van der Waals surface area contributed by atoms with Gasteiger partial charge >= 0.3 is 6.18 Å². The van der Waals surface area contributed by atoms with Crippen LogP contribution in [-0.4, -0.2) is 33.4 Å². The predicted octanol–water partition coefficient (Wildman–Crippen LogP) is 5.33. The quantitative estimate of drug-likeness (QED) is 0.506. The normalized spacial score (nSPS) is 15.5. The van der Waals surface area contributed by atoms with E-state index in [-0.39, 0.29) is 29.7 Å². The third kappa shape index (κ3) is 4.30. The van der Waals surface area contributed by atoms with Crippen LogP contribution >= 0.6 is 15.9 Å². The lowest BCUT2D eigenvalue weighted by molar-refractivity contribution is -0.138. The van der Waals surface area contributed by atoms with E-state index in [1.54, 1.807) is 40.1 Å². The van der Waals surface area contributed by atoms with Crippen molar-refractivity contribution in [3.63, 3.8) is 0 Å². The number of halogens is 4. The lowest BCUT2D eigenvalue weighted by Crippen LogP contribution is -2.38. The van der Waals surface area contributed by atoms with Crippen molar-refractivity contribution in [1.29, 1.82) is 0 Å². The van der Waals surface area contributed by atoms with Crippen LogP contribution in [0.3, 0.4) is 0 Å². The minimum atomic E-state index is -4.40. The van der Waals surface area contributed by atoms with Gasteiger partial charge in [0.05, 0.1) is 5.56 Å². The molecule has 0 radical (unpaired) electrons. The van der Waals surface area contributed by atoms with Gasteiger partial charge in [-0.05, 0) is 52.5 Å². The van der Waals surface area contributed by atoms with Crippen LogP contribution in [0.5, 0.6) is 0 Å². The van der Waals surface area contributed by atoms with Crippen molar-refractivity contribution in [2.45, 2.75) is 31.5 Å². The van der Waals surface area contributed by atoms with Gasteiger partial charge in [-0.3, -0.25) is 4.79 Å². The molecule has 0 aliphatic carbocycles. The van der Waals surface area contributed by atoms with E-state index in [4.69, 9.17) is 4.42 Å². The predicted molar refractivity (Wildman–Crippen MR) is 107 cm³/mol. The topological polar surface area (TPSA) is 51.3 Å². The number of nitrogens with zero attached hydrogens (tertiary/aromatic N) is 3. The molecule has 0 atom stereocenters. The molecule has 1 aliphatic heterocycles. The van der Waals surface area contributed by atoms with E-state index < -0.39 is 11.7 Å². The number of carbonyl (C=O) groups is 1. The molecule has 30 heavy (non-hydrogen) atoms. The number of benzene rings is 1. The zero-order valence-electron chi connectivity index (χ0n) is 15.9. The van der Waals surface area contributed by atoms with Crippen LogP contribution in [0.1, 0.15) is 46.3 Å². The van der Waals surface area contributed by atoms with E-state index in [1.807, 2.05) is 0 Å². The minimum Gasteiger partial charge on any atom is -0.444 e. The first-order valence-electron chi connectivity index (χ1n) is 9.53. The third-order valence-electron chi connectivity index (χ3n) is 5.34. The fraction of sp³-hybridized carbons (Fsp3) is 0.333. The first-order chi connectivity index (χ1) is 14.3. The highest BCUT2D eigenvalue weighted by atomic mass is 79.9. The van der Waals surface area contributed by atoms with Crippen LogP contribution in [-0.2, 0) is 12.7 Å². The van der Waals surface area contributed by atoms with Gasteiger partial charge in [0.25, 0.3) is 5.91 Å². The van der Waals surface area contributed by atoms with Crippen molar-refractivity contribution in [2.24, 2.45) is 0 Å². The number of imidazole rings is 1. The molecule has 0 bridgehead atoms. The van der Waals surface area contributed by atoms with E-state index in [9.17, 15) is 18.0 Å². The Kier molecular flexibility index (Phi) is 5.73. The van der Waals surface area contributed by atoms with E-state index in [2.05, 4.69) is 20.9 Å². The molecular weight excluding hydrogens is 463 g/mol. The maximum absolute atomic E-state index is 13.3. The first kappa shape index (κ1) is 20.7. The van der Waals surface area contributed by atoms with Gasteiger partial charge in [0.1, 0.15) is 5.82 Å². The number of alkyl halides is 3. The second kappa shape index (κ2) is 8.29. The molecule has 0 N–H and O–H groups in total. The highest BCUT2D eigenvalue weighted by Gasteiger charge is 2.33. The SMILES string of the molecule is O=C(c1ccc(Br)o1)N1CCC(c2nccn2Cc2ccccc2C(F)(F)F)CC1. The molecule has 0 unspecified atom stereocenters. The van der Waals surface area contributed by atoms with Crippen molar-refractivity contribution in [1.82, 2.24) is 14.5 Å². The van der Waals surface area contributed by atoms with Gasteiger partial charge in [0.15, 0.2) is 10.4 Å². The molecule has 2 aromatic heterocycles. The Morgan fingerprint density at radius 3 is 2.57 bits per heavy atom. The van der Waals surface area contributed by atoms with E-state index in [0.29, 0.717) is 30.6 Å². The van der Waals surface area contributed by atoms with Crippen LogP contribution < -0.4 is 0 Å². The van der Waals surface area contributed by atoms with Crippen LogP contribution in [0.2, 0.25) is 0 Å². The van der Waals surface area contributed by atoms with Crippen molar-refractivity contribution in [3.05, 3.63) is 76.2 Å². The summed E-state index contributed by atoms with van der Waals surface area (Å²) in [6.45, 7) is 1.17. The van der Waals surface area contributed by atoms with Gasteiger partial charge < -0.3 is 13.9 Å². The summed E-state index contributed by atoms with van der Waals surface area (Å²) in [5, 5.41) is 0. The smallest absolute Gasteiger partial charge is 0.416 e. The summed E-state index contributed by atoms with van der Waals surface area (Å²) in [5.74, 6) is 0.942. The summed E-state index contributed by atoms with van der Waals surface area (Å²) in [7, 11) is 0. The molecule has 0 spiro atoms. The lowest BCUT2D eigenvalue weighted by Gasteiger charge is -2.31. The number of carbonyl (C=O) groups excluding carboxylic acids is 1. The Balaban J connectivity index is 1.46. The minimum absolute atomic E-state index is 0.0745. The average Bonchev–Trinajstić information content (AvgIpc) is 3.36. The Bertz CT molecular complexity index is 1040. The van der Waals surface area contributed by atoms with Gasteiger partial charge in [0, 0.05) is 37.9 Å². The summed E-state index contributed by atoms with van der Waals surface area (Å²) in [4.78, 5) is 18.7. The Morgan fingerprint density at radius 2 is 1.90 bits per heavy atom. The molecule has 5 nitrogen and oxygen atoms in total. The summed E-state index contributed by atoms with van der Waals surface area (Å²) in [6.07, 6.45) is 0.296. The lowest BCUT2D eigenvalue weighted by atomic mass is 9.95. The Morgan fingerprint density at radius 1 is 1.17 bits per heavy atom. The summed E-state index contributed by atoms with van der Waals surface area (Å²) in [6, 6.07) is 8.90. The molecule has 3 aromatic rings. The fourth-order valence-electron chi connectivity index (χ4n) is 3.86. The van der Waals surface area contributed by atoms with Crippen molar-refractivity contribution >= 4 is 21.8 Å². The maximum Gasteiger partial charge on any atom is 0.416 e. The summed E-state index contributed by atoms with van der Waals surface area (Å²) >= 11 is 3.19. The zero-order valence-corrected chi connectivity index (χ0v) is 17.5. The molecule has 4 rings (SSSR count). The Labute approximate surface area is 179 Å². The van der Waals surface area contributed by atoms with Gasteiger partial charge in [-0.15, -0.1) is 0 Å². The molecule has 0 saturated carbocycles. The molecule has 3 heterocycles. The molecule has 1 saturated heterocycles. The molecule has 158 valence electrons. The molecule has 9 heteroatoms. The molecule has 1 aromatic carbocycles. The zero-order chi connectivity index (χ0) is 21.3. The highest BCUT2D eigenvalue weighted by molar-refractivity contribution is 9.10. The van der Waals surface area contributed by atoms with Crippen LogP contribution in [0.15, 0.2) is 57.9 Å². The van der Waals surface area contributed by atoms with Crippen LogP contribution in [0.25, 0.3) is 0 Å². The number of furan rings is 1. The second-order valence-corrected chi connectivity index (χ2v) is 8.02. The van der Waals surface area contributed by atoms with E-state index >= 15 is 0 Å². The number of aromatic nitrogens is 2. The van der Waals surface area contributed by atoms with E-state index in [1.165, 1.54) is 12.1 Å². The monoisotopic (exact) mass is 481 g/mol. The standard InChI is InChI=1S/C21H19BrF3N3O2/c22-18-6-5-17(30-18)20(29)27-10-7-14(8-11-27)19-26-9-12-28(19)13-15-3-1-2-4-16(15)21(23,24)25/h1-6,9,12,14H,7-8,10-11,13H2. The highest BCUT2D eigenvalue weighted by Crippen LogP contribution is 2.33. The number of amides is 1. The average molecular weight is 482 g/mol. The third-order valence-corrected chi connectivity index (χ3v) is 5.77. The summed E-state index contributed by atoms with van der Waals surface area (Å²) < 4.78 is 47.6. The summed E-state index contributed by atoms with van der Waals surface area (Å²) in [5.41, 5.74) is -0.421. The van der Waals surface area contributed by atoms with Crippen LogP contribution in [0.4, 0.5) is 13.2 Å². The maximum atomic E-state index is 13.3. The molecule has 1 fully saturated rings. The number of hydrogen-bond acceptors (Lipinski definition) is 3.